The van der Waals surface area contributed by atoms with Crippen molar-refractivity contribution in [1.29, 1.82) is 0 Å². The topological polar surface area (TPSA) is 81.9 Å². The zero-order valence-electron chi connectivity index (χ0n) is 15.0. The summed E-state index contributed by atoms with van der Waals surface area (Å²) in [7, 11) is 1.44. The number of methoxy groups -OCH3 is 1. The zero-order chi connectivity index (χ0) is 19.4. The van der Waals surface area contributed by atoms with Gasteiger partial charge in [-0.1, -0.05) is 11.6 Å². The van der Waals surface area contributed by atoms with Crippen LogP contribution in [0.25, 0.3) is 0 Å². The Morgan fingerprint density at radius 2 is 1.96 bits per heavy atom. The van der Waals surface area contributed by atoms with Crippen molar-refractivity contribution in [3.63, 3.8) is 0 Å². The smallest absolute Gasteiger partial charge is 0.332 e. The number of hydrogen-bond donors (Lipinski definition) is 1. The number of ether oxygens (including phenoxy) is 2. The fourth-order valence-corrected chi connectivity index (χ4v) is 3.35. The Hall–Kier alpha value is -2.57. The van der Waals surface area contributed by atoms with Gasteiger partial charge in [0.25, 0.3) is 5.91 Å². The van der Waals surface area contributed by atoms with Crippen LogP contribution < -0.4 is 10.6 Å². The lowest BCUT2D eigenvalue weighted by Gasteiger charge is -2.24. The molecule has 0 aromatic heterocycles. The maximum Gasteiger partial charge on any atom is 0.332 e. The Morgan fingerprint density at radius 3 is 2.67 bits per heavy atom. The highest BCUT2D eigenvalue weighted by Crippen LogP contribution is 2.37. The van der Waals surface area contributed by atoms with Crippen LogP contribution >= 0.6 is 11.6 Å². The summed E-state index contributed by atoms with van der Waals surface area (Å²) < 4.78 is 10.4. The standard InChI is InChI=1S/C20H21ClN2O4/c1-26-12-19(24)27-18-3-2-10-23(17-9-6-14(21)11-16(17)18)20(25)13-4-7-15(22)8-5-13/h4-9,11,18H,2-3,10,12,22H2,1H3. The summed E-state index contributed by atoms with van der Waals surface area (Å²) >= 11 is 6.17. The van der Waals surface area contributed by atoms with Crippen molar-refractivity contribution >= 4 is 34.9 Å². The van der Waals surface area contributed by atoms with Gasteiger partial charge in [-0.2, -0.15) is 0 Å². The molecule has 2 aromatic carbocycles. The van der Waals surface area contributed by atoms with Crippen LogP contribution in [0.4, 0.5) is 11.4 Å². The lowest BCUT2D eigenvalue weighted by atomic mass is 10.0. The van der Waals surface area contributed by atoms with Gasteiger partial charge in [0.05, 0.1) is 5.69 Å². The minimum Gasteiger partial charge on any atom is -0.456 e. The molecule has 0 fully saturated rings. The number of fused-ring (bicyclic) bond motifs is 1. The van der Waals surface area contributed by atoms with Crippen LogP contribution in [0.2, 0.25) is 5.02 Å². The average Bonchev–Trinajstić information content (AvgIpc) is 2.81. The third-order valence-electron chi connectivity index (χ3n) is 4.41. The summed E-state index contributed by atoms with van der Waals surface area (Å²) in [5.74, 6) is -0.589. The molecule has 1 aliphatic rings. The van der Waals surface area contributed by atoms with Crippen LogP contribution in [0.5, 0.6) is 0 Å². The first-order valence-electron chi connectivity index (χ1n) is 8.65. The molecule has 1 unspecified atom stereocenters. The number of amides is 1. The van der Waals surface area contributed by atoms with Gasteiger partial charge in [0, 0.05) is 35.5 Å². The second-order valence-electron chi connectivity index (χ2n) is 6.34. The van der Waals surface area contributed by atoms with E-state index in [0.29, 0.717) is 46.9 Å². The van der Waals surface area contributed by atoms with E-state index in [1.807, 2.05) is 0 Å². The minimum absolute atomic E-state index is 0.125. The molecule has 2 N–H and O–H groups in total. The highest BCUT2D eigenvalue weighted by atomic mass is 35.5. The molecule has 0 aliphatic carbocycles. The van der Waals surface area contributed by atoms with Gasteiger partial charge in [0.15, 0.2) is 0 Å². The summed E-state index contributed by atoms with van der Waals surface area (Å²) in [6, 6.07) is 12.1. The van der Waals surface area contributed by atoms with E-state index in [1.54, 1.807) is 47.4 Å². The molecule has 1 amide bonds. The van der Waals surface area contributed by atoms with Crippen molar-refractivity contribution < 1.29 is 19.1 Å². The molecule has 6 nitrogen and oxygen atoms in total. The first-order valence-corrected chi connectivity index (χ1v) is 9.02. The first kappa shape index (κ1) is 19.2. The molecular weight excluding hydrogens is 368 g/mol. The van der Waals surface area contributed by atoms with Crippen LogP contribution in [-0.4, -0.2) is 32.1 Å². The SMILES string of the molecule is COCC(=O)OC1CCCN(C(=O)c2ccc(N)cc2)c2ccc(Cl)cc21. The van der Waals surface area contributed by atoms with Gasteiger partial charge in [0.2, 0.25) is 0 Å². The number of esters is 1. The van der Waals surface area contributed by atoms with E-state index in [1.165, 1.54) is 7.11 Å². The van der Waals surface area contributed by atoms with Crippen LogP contribution in [0, 0.1) is 0 Å². The Labute approximate surface area is 162 Å². The summed E-state index contributed by atoms with van der Waals surface area (Å²) in [5.41, 5.74) is 8.26. The van der Waals surface area contributed by atoms with Crippen LogP contribution in [0.15, 0.2) is 42.5 Å². The summed E-state index contributed by atoms with van der Waals surface area (Å²) in [4.78, 5) is 26.7. The second-order valence-corrected chi connectivity index (χ2v) is 6.77. The molecule has 142 valence electrons. The number of benzene rings is 2. The highest BCUT2D eigenvalue weighted by molar-refractivity contribution is 6.30. The lowest BCUT2D eigenvalue weighted by molar-refractivity contribution is -0.154. The monoisotopic (exact) mass is 388 g/mol. The number of halogens is 1. The van der Waals surface area contributed by atoms with Crippen molar-refractivity contribution in [2.45, 2.75) is 18.9 Å². The van der Waals surface area contributed by atoms with Gasteiger partial charge in [-0.15, -0.1) is 0 Å². The number of rotatable bonds is 4. The van der Waals surface area contributed by atoms with E-state index in [2.05, 4.69) is 0 Å². The van der Waals surface area contributed by atoms with Gasteiger partial charge in [-0.25, -0.2) is 4.79 Å². The fourth-order valence-electron chi connectivity index (χ4n) is 3.17. The van der Waals surface area contributed by atoms with Gasteiger partial charge in [0.1, 0.15) is 12.7 Å². The minimum atomic E-state index is -0.481. The molecule has 1 aliphatic heterocycles. The van der Waals surface area contributed by atoms with Crippen molar-refractivity contribution in [3.05, 3.63) is 58.6 Å². The fraction of sp³-hybridized carbons (Fsp3) is 0.300. The van der Waals surface area contributed by atoms with Gasteiger partial charge < -0.3 is 20.1 Å². The van der Waals surface area contributed by atoms with Crippen molar-refractivity contribution in [2.24, 2.45) is 0 Å². The molecule has 0 spiro atoms. The first-order chi connectivity index (χ1) is 13.0. The average molecular weight is 389 g/mol. The van der Waals surface area contributed by atoms with E-state index >= 15 is 0 Å². The van der Waals surface area contributed by atoms with E-state index in [4.69, 9.17) is 26.8 Å². The Kier molecular flexibility index (Phi) is 5.98. The Morgan fingerprint density at radius 1 is 1.22 bits per heavy atom. The molecular formula is C20H21ClN2O4. The van der Waals surface area contributed by atoms with Crippen molar-refractivity contribution in [2.75, 3.05) is 30.9 Å². The van der Waals surface area contributed by atoms with Gasteiger partial charge in [-0.3, -0.25) is 4.79 Å². The molecule has 1 heterocycles. The van der Waals surface area contributed by atoms with Crippen LogP contribution in [0.3, 0.4) is 0 Å². The molecule has 1 atom stereocenters. The molecule has 0 radical (unpaired) electrons. The summed E-state index contributed by atoms with van der Waals surface area (Å²) in [6.45, 7) is 0.386. The Balaban J connectivity index is 1.95. The third-order valence-corrected chi connectivity index (χ3v) is 4.65. The number of nitrogen functional groups attached to an aromatic ring is 1. The molecule has 27 heavy (non-hydrogen) atoms. The maximum atomic E-state index is 13.1. The summed E-state index contributed by atoms with van der Waals surface area (Å²) in [5, 5.41) is 0.517. The van der Waals surface area contributed by atoms with Gasteiger partial charge in [-0.05, 0) is 55.3 Å². The predicted octanol–water partition coefficient (Wildman–Crippen LogP) is 3.59. The van der Waals surface area contributed by atoms with Crippen molar-refractivity contribution in [3.8, 4) is 0 Å². The second kappa shape index (κ2) is 8.41. The molecule has 2 aromatic rings. The summed E-state index contributed by atoms with van der Waals surface area (Å²) in [6.07, 6.45) is 0.789. The molecule has 7 heteroatoms. The molecule has 0 bridgehead atoms. The Bertz CT molecular complexity index is 838. The molecule has 0 saturated heterocycles. The molecule has 3 rings (SSSR count). The van der Waals surface area contributed by atoms with E-state index in [0.717, 1.165) is 0 Å². The quantitative estimate of drug-likeness (QED) is 0.639. The number of carbonyl (C=O) groups is 2. The van der Waals surface area contributed by atoms with Crippen molar-refractivity contribution in [1.82, 2.24) is 0 Å². The van der Waals surface area contributed by atoms with Crippen LogP contribution in [0.1, 0.15) is 34.9 Å². The molecule has 0 saturated carbocycles. The number of carbonyl (C=O) groups excluding carboxylic acids is 2. The van der Waals surface area contributed by atoms with E-state index in [-0.39, 0.29) is 12.5 Å². The number of nitrogens with zero attached hydrogens (tertiary/aromatic N) is 1. The largest absolute Gasteiger partial charge is 0.456 e. The van der Waals surface area contributed by atoms with Gasteiger partial charge >= 0.3 is 5.97 Å². The van der Waals surface area contributed by atoms with E-state index in [9.17, 15) is 9.59 Å². The lowest BCUT2D eigenvalue weighted by Crippen LogP contribution is -2.31. The normalized spacial score (nSPS) is 16.4. The van der Waals surface area contributed by atoms with E-state index < -0.39 is 12.1 Å². The van der Waals surface area contributed by atoms with Crippen LogP contribution in [-0.2, 0) is 14.3 Å². The number of anilines is 2. The third kappa shape index (κ3) is 4.40. The zero-order valence-corrected chi connectivity index (χ0v) is 15.7. The number of hydrogen-bond acceptors (Lipinski definition) is 5. The number of nitrogens with two attached hydrogens (primary N) is 1. The predicted molar refractivity (Wildman–Crippen MR) is 104 cm³/mol. The highest BCUT2D eigenvalue weighted by Gasteiger charge is 2.29. The maximum absolute atomic E-state index is 13.1.